The first-order valence-corrected chi connectivity index (χ1v) is 15.1. The van der Waals surface area contributed by atoms with Crippen LogP contribution in [0.15, 0.2) is 44.0 Å². The molecule has 184 valence electrons. The first kappa shape index (κ1) is 27.5. The predicted molar refractivity (Wildman–Crippen MR) is 157 cm³/mol. The number of benzene rings is 1. The first-order chi connectivity index (χ1) is 16.3. The molecular formula is C28H34Br2O2S2. The van der Waals surface area contributed by atoms with Crippen LogP contribution in [-0.2, 0) is 6.42 Å². The van der Waals surface area contributed by atoms with Gasteiger partial charge in [0.05, 0.1) is 21.3 Å². The van der Waals surface area contributed by atoms with Gasteiger partial charge in [-0.25, -0.2) is 0 Å². The summed E-state index contributed by atoms with van der Waals surface area (Å²) in [5.74, 6) is 3.27. The number of halogens is 2. The topological polar surface area (TPSA) is 18.5 Å². The fourth-order valence-electron chi connectivity index (χ4n) is 3.81. The van der Waals surface area contributed by atoms with Crippen LogP contribution < -0.4 is 9.47 Å². The third-order valence-electron chi connectivity index (χ3n) is 5.77. The lowest BCUT2D eigenvalue weighted by atomic mass is 9.97. The molecule has 0 saturated carbocycles. The van der Waals surface area contributed by atoms with Crippen molar-refractivity contribution in [2.24, 2.45) is 11.8 Å². The summed E-state index contributed by atoms with van der Waals surface area (Å²) in [6.07, 6.45) is 10.0. The molecule has 0 amide bonds. The molecule has 2 heterocycles. The zero-order valence-corrected chi connectivity index (χ0v) is 25.2. The van der Waals surface area contributed by atoms with Crippen molar-refractivity contribution in [1.82, 2.24) is 0 Å². The highest BCUT2D eigenvalue weighted by atomic mass is 79.9. The Hall–Kier alpha value is -1.08. The van der Waals surface area contributed by atoms with Gasteiger partial charge in [0, 0.05) is 27.3 Å². The molecule has 0 saturated heterocycles. The average molecular weight is 627 g/mol. The molecule has 1 unspecified atom stereocenters. The molecule has 2 aromatic heterocycles. The summed E-state index contributed by atoms with van der Waals surface area (Å²) < 4.78 is 14.4. The molecule has 0 aliphatic rings. The maximum Gasteiger partial charge on any atom is 0.126 e. The summed E-state index contributed by atoms with van der Waals surface area (Å²) in [6, 6.07) is 12.7. The van der Waals surface area contributed by atoms with Crippen LogP contribution in [0.1, 0.15) is 67.3 Å². The minimum absolute atomic E-state index is 0.672. The van der Waals surface area contributed by atoms with Crippen molar-refractivity contribution >= 4 is 66.7 Å². The predicted octanol–water partition coefficient (Wildman–Crippen LogP) is 10.3. The highest BCUT2D eigenvalue weighted by Gasteiger charge is 2.13. The van der Waals surface area contributed by atoms with Gasteiger partial charge < -0.3 is 9.47 Å². The molecule has 1 aromatic carbocycles. The Balaban J connectivity index is 1.77. The van der Waals surface area contributed by atoms with Gasteiger partial charge in [-0.1, -0.05) is 40.0 Å². The Morgan fingerprint density at radius 3 is 2.29 bits per heavy atom. The smallest absolute Gasteiger partial charge is 0.126 e. The van der Waals surface area contributed by atoms with E-state index in [4.69, 9.17) is 9.47 Å². The lowest BCUT2D eigenvalue weighted by molar-refractivity contribution is 0.273. The number of ether oxygens (including phenoxy) is 2. The van der Waals surface area contributed by atoms with Crippen LogP contribution in [0.25, 0.3) is 12.2 Å². The standard InChI is InChI=1S/C28H34Br2O2S2/c1-19(2)6-5-7-20(3)14-15-32-26-17-21(8-9-23-10-12-27(29)33-23)25(31-4)18-22(26)16-24-11-13-28(30)34-24/h8-13,17-20H,5-7,14-16H2,1-4H3/b9-8+. The second-order valence-corrected chi connectivity index (χ2v) is 14.2. The molecule has 2 nitrogen and oxygen atoms in total. The SMILES string of the molecule is COc1cc(Cc2ccc(Br)s2)c(OCCC(C)CCCC(C)C)cc1/C=C/c1ccc(Br)s1. The number of rotatable bonds is 13. The van der Waals surface area contributed by atoms with Crippen LogP contribution in [0.4, 0.5) is 0 Å². The van der Waals surface area contributed by atoms with Gasteiger partial charge in [0.2, 0.25) is 0 Å². The summed E-state index contributed by atoms with van der Waals surface area (Å²) >= 11 is 10.6. The van der Waals surface area contributed by atoms with Crippen molar-refractivity contribution < 1.29 is 9.47 Å². The van der Waals surface area contributed by atoms with E-state index in [9.17, 15) is 0 Å². The normalized spacial score (nSPS) is 12.6. The van der Waals surface area contributed by atoms with E-state index in [1.807, 2.05) is 0 Å². The number of hydrogen-bond donors (Lipinski definition) is 0. The molecule has 1 atom stereocenters. The Labute approximate surface area is 229 Å². The maximum absolute atomic E-state index is 6.41. The number of hydrogen-bond acceptors (Lipinski definition) is 4. The minimum Gasteiger partial charge on any atom is -0.496 e. The van der Waals surface area contributed by atoms with Gasteiger partial charge in [0.1, 0.15) is 11.5 Å². The van der Waals surface area contributed by atoms with Gasteiger partial charge in [-0.05, 0) is 98.7 Å². The van der Waals surface area contributed by atoms with E-state index in [0.29, 0.717) is 5.92 Å². The molecule has 0 bridgehead atoms. The monoisotopic (exact) mass is 624 g/mol. The van der Waals surface area contributed by atoms with E-state index >= 15 is 0 Å². The van der Waals surface area contributed by atoms with Crippen molar-refractivity contribution in [2.75, 3.05) is 13.7 Å². The maximum atomic E-state index is 6.41. The molecule has 34 heavy (non-hydrogen) atoms. The summed E-state index contributed by atoms with van der Waals surface area (Å²) in [4.78, 5) is 2.49. The van der Waals surface area contributed by atoms with Gasteiger partial charge >= 0.3 is 0 Å². The molecule has 0 fully saturated rings. The zero-order valence-electron chi connectivity index (χ0n) is 20.4. The lowest BCUT2D eigenvalue weighted by Crippen LogP contribution is -2.07. The fourth-order valence-corrected chi connectivity index (χ4v) is 6.64. The Bertz CT molecular complexity index is 1070. The van der Waals surface area contributed by atoms with Crippen molar-refractivity contribution in [1.29, 1.82) is 0 Å². The highest BCUT2D eigenvalue weighted by Crippen LogP contribution is 2.35. The van der Waals surface area contributed by atoms with Crippen molar-refractivity contribution in [2.45, 2.75) is 52.9 Å². The molecule has 6 heteroatoms. The Kier molecular flexibility index (Phi) is 11.2. The molecule has 0 aliphatic carbocycles. The Morgan fingerprint density at radius 2 is 1.65 bits per heavy atom. The third kappa shape index (κ3) is 8.85. The summed E-state index contributed by atoms with van der Waals surface area (Å²) in [7, 11) is 1.74. The van der Waals surface area contributed by atoms with E-state index in [1.54, 1.807) is 29.8 Å². The fraction of sp³-hybridized carbons (Fsp3) is 0.429. The highest BCUT2D eigenvalue weighted by molar-refractivity contribution is 9.11. The molecule has 0 spiro atoms. The zero-order chi connectivity index (χ0) is 24.5. The quantitative estimate of drug-likeness (QED) is 0.188. The van der Waals surface area contributed by atoms with Crippen LogP contribution in [0.2, 0.25) is 0 Å². The third-order valence-corrected chi connectivity index (χ3v) is 8.99. The first-order valence-electron chi connectivity index (χ1n) is 11.9. The van der Waals surface area contributed by atoms with E-state index in [1.165, 1.54) is 29.0 Å². The van der Waals surface area contributed by atoms with Gasteiger partial charge in [0.15, 0.2) is 0 Å². The summed E-state index contributed by atoms with van der Waals surface area (Å²) in [6.45, 7) is 7.68. The van der Waals surface area contributed by atoms with Crippen LogP contribution in [0.3, 0.4) is 0 Å². The van der Waals surface area contributed by atoms with Crippen LogP contribution in [0, 0.1) is 11.8 Å². The molecule has 0 radical (unpaired) electrons. The average Bonchev–Trinajstić information content (AvgIpc) is 3.40. The Morgan fingerprint density at radius 1 is 0.882 bits per heavy atom. The van der Waals surface area contributed by atoms with E-state index in [-0.39, 0.29) is 0 Å². The second kappa shape index (κ2) is 13.9. The second-order valence-electron chi connectivity index (χ2n) is 9.13. The van der Waals surface area contributed by atoms with Crippen molar-refractivity contribution in [3.05, 3.63) is 64.9 Å². The van der Waals surface area contributed by atoms with Gasteiger partial charge in [0.25, 0.3) is 0 Å². The van der Waals surface area contributed by atoms with Gasteiger partial charge in [-0.2, -0.15) is 0 Å². The van der Waals surface area contributed by atoms with Crippen LogP contribution in [-0.4, -0.2) is 13.7 Å². The van der Waals surface area contributed by atoms with Crippen LogP contribution >= 0.6 is 54.5 Å². The molecular weight excluding hydrogens is 592 g/mol. The molecule has 0 N–H and O–H groups in total. The van der Waals surface area contributed by atoms with Crippen LogP contribution in [0.5, 0.6) is 11.5 Å². The molecule has 0 aliphatic heterocycles. The number of thiophene rings is 2. The number of methoxy groups -OCH3 is 1. The van der Waals surface area contributed by atoms with Gasteiger partial charge in [-0.3, -0.25) is 0 Å². The lowest BCUT2D eigenvalue weighted by Gasteiger charge is -2.17. The minimum atomic E-state index is 0.672. The summed E-state index contributed by atoms with van der Waals surface area (Å²) in [5, 5.41) is 0. The van der Waals surface area contributed by atoms with E-state index < -0.39 is 0 Å². The molecule has 3 aromatic rings. The molecule has 3 rings (SSSR count). The van der Waals surface area contributed by atoms with Gasteiger partial charge in [-0.15, -0.1) is 22.7 Å². The van der Waals surface area contributed by atoms with Crippen molar-refractivity contribution in [3.8, 4) is 11.5 Å². The van der Waals surface area contributed by atoms with E-state index in [2.05, 4.69) is 101 Å². The largest absolute Gasteiger partial charge is 0.496 e. The van der Waals surface area contributed by atoms with E-state index in [0.717, 1.165) is 55.6 Å². The van der Waals surface area contributed by atoms with Crippen molar-refractivity contribution in [3.63, 3.8) is 0 Å². The summed E-state index contributed by atoms with van der Waals surface area (Å²) in [5.41, 5.74) is 2.19.